The Morgan fingerprint density at radius 2 is 2.13 bits per heavy atom. The van der Waals surface area contributed by atoms with Crippen molar-refractivity contribution in [3.8, 4) is 0 Å². The van der Waals surface area contributed by atoms with Crippen molar-refractivity contribution in [1.29, 1.82) is 0 Å². The zero-order valence-corrected chi connectivity index (χ0v) is 16.0. The topological polar surface area (TPSA) is 43.8 Å². The van der Waals surface area contributed by atoms with E-state index in [0.717, 1.165) is 55.3 Å². The molecule has 2 rings (SSSR count). The smallest absolute Gasteiger partial charge is 0.193 e. The lowest BCUT2D eigenvalue weighted by atomic mass is 10.1. The molecule has 1 aliphatic heterocycles. The Kier molecular flexibility index (Phi) is 6.84. The lowest BCUT2D eigenvalue weighted by Crippen LogP contribution is -2.40. The molecule has 1 N–H and O–H groups in total. The maximum atomic E-state index is 4.50. The predicted molar refractivity (Wildman–Crippen MR) is 99.3 cm³/mol. The van der Waals surface area contributed by atoms with E-state index in [1.807, 2.05) is 7.05 Å². The van der Waals surface area contributed by atoms with Gasteiger partial charge in [0.25, 0.3) is 0 Å². The summed E-state index contributed by atoms with van der Waals surface area (Å²) in [7, 11) is 1.88. The molecule has 1 unspecified atom stereocenters. The van der Waals surface area contributed by atoms with Crippen LogP contribution in [0.15, 0.2) is 4.99 Å². The molecule has 1 aromatic rings. The van der Waals surface area contributed by atoms with Gasteiger partial charge >= 0.3 is 0 Å². The minimum absolute atomic E-state index is 0.751. The summed E-state index contributed by atoms with van der Waals surface area (Å²) in [6.45, 7) is 15.2. The largest absolute Gasteiger partial charge is 0.351 e. The fourth-order valence-electron chi connectivity index (χ4n) is 3.25. The Morgan fingerprint density at radius 3 is 2.70 bits per heavy atom. The van der Waals surface area contributed by atoms with Crippen LogP contribution in [-0.2, 0) is 6.54 Å². The van der Waals surface area contributed by atoms with Crippen molar-refractivity contribution >= 4 is 17.3 Å². The highest BCUT2D eigenvalue weighted by Gasteiger charge is 2.26. The molecule has 1 atom stereocenters. The Balaban J connectivity index is 1.86. The van der Waals surface area contributed by atoms with Crippen molar-refractivity contribution in [3.05, 3.63) is 15.6 Å². The first-order valence-corrected chi connectivity index (χ1v) is 9.49. The number of aryl methyl sites for hydroxylation is 2. The first-order valence-electron chi connectivity index (χ1n) is 8.68. The summed E-state index contributed by atoms with van der Waals surface area (Å²) in [4.78, 5) is 15.2. The number of nitrogens with zero attached hydrogens (tertiary/aromatic N) is 4. The summed E-state index contributed by atoms with van der Waals surface area (Å²) in [5.41, 5.74) is 1.14. The average molecular weight is 338 g/mol. The zero-order chi connectivity index (χ0) is 16.8. The van der Waals surface area contributed by atoms with Gasteiger partial charge in [-0.15, -0.1) is 11.3 Å². The van der Waals surface area contributed by atoms with Gasteiger partial charge in [0.15, 0.2) is 5.96 Å². The van der Waals surface area contributed by atoms with Crippen LogP contribution in [-0.4, -0.2) is 60.5 Å². The molecule has 1 aromatic heterocycles. The van der Waals surface area contributed by atoms with Crippen LogP contribution in [0.3, 0.4) is 0 Å². The van der Waals surface area contributed by atoms with Gasteiger partial charge in [0.05, 0.1) is 17.2 Å². The molecule has 1 aliphatic rings. The van der Waals surface area contributed by atoms with Crippen molar-refractivity contribution in [3.63, 3.8) is 0 Å². The van der Waals surface area contributed by atoms with E-state index in [1.54, 1.807) is 11.3 Å². The van der Waals surface area contributed by atoms with Crippen LogP contribution in [0.2, 0.25) is 0 Å². The van der Waals surface area contributed by atoms with Gasteiger partial charge in [-0.1, -0.05) is 13.8 Å². The van der Waals surface area contributed by atoms with Gasteiger partial charge in [0.2, 0.25) is 0 Å². The Morgan fingerprint density at radius 1 is 1.39 bits per heavy atom. The van der Waals surface area contributed by atoms with Crippen molar-refractivity contribution in [2.45, 2.75) is 40.7 Å². The van der Waals surface area contributed by atoms with E-state index >= 15 is 0 Å². The summed E-state index contributed by atoms with van der Waals surface area (Å²) in [5.74, 6) is 1.78. The van der Waals surface area contributed by atoms with Crippen LogP contribution in [0.4, 0.5) is 0 Å². The second-order valence-corrected chi connectivity index (χ2v) is 7.52. The standard InChI is InChI=1S/C17H31N5S/c1-6-21(7-2)11-15-8-9-22(12-15)17(18-5)19-10-16-13(3)20-14(4)23-16/h15H,6-12H2,1-5H3,(H,18,19). The molecule has 1 saturated heterocycles. The highest BCUT2D eigenvalue weighted by molar-refractivity contribution is 7.11. The number of guanidine groups is 1. The van der Waals surface area contributed by atoms with E-state index < -0.39 is 0 Å². The molecule has 0 bridgehead atoms. The third-order valence-corrected chi connectivity index (χ3v) is 5.69. The van der Waals surface area contributed by atoms with E-state index in [2.05, 4.69) is 52.8 Å². The van der Waals surface area contributed by atoms with Gasteiger partial charge in [0.1, 0.15) is 0 Å². The van der Waals surface area contributed by atoms with Crippen molar-refractivity contribution in [2.75, 3.05) is 39.8 Å². The predicted octanol–water partition coefficient (Wildman–Crippen LogP) is 2.50. The van der Waals surface area contributed by atoms with Crippen LogP contribution >= 0.6 is 11.3 Å². The Bertz CT molecular complexity index is 521. The maximum absolute atomic E-state index is 4.50. The summed E-state index contributed by atoms with van der Waals surface area (Å²) in [5, 5.41) is 4.65. The Hall–Kier alpha value is -1.14. The van der Waals surface area contributed by atoms with E-state index in [-0.39, 0.29) is 0 Å². The lowest BCUT2D eigenvalue weighted by molar-refractivity contribution is 0.255. The number of aromatic nitrogens is 1. The fourth-order valence-corrected chi connectivity index (χ4v) is 4.13. The summed E-state index contributed by atoms with van der Waals surface area (Å²) < 4.78 is 0. The number of hydrogen-bond acceptors (Lipinski definition) is 4. The van der Waals surface area contributed by atoms with Crippen molar-refractivity contribution in [1.82, 2.24) is 20.1 Å². The van der Waals surface area contributed by atoms with Crippen LogP contribution in [0.1, 0.15) is 35.8 Å². The van der Waals surface area contributed by atoms with Crippen LogP contribution < -0.4 is 5.32 Å². The molecule has 5 nitrogen and oxygen atoms in total. The molecule has 23 heavy (non-hydrogen) atoms. The summed E-state index contributed by atoms with van der Waals surface area (Å²) >= 11 is 1.77. The normalized spacial score (nSPS) is 19.0. The molecule has 0 aliphatic carbocycles. The monoisotopic (exact) mass is 337 g/mol. The van der Waals surface area contributed by atoms with Crippen LogP contribution in [0.5, 0.6) is 0 Å². The number of rotatable bonds is 6. The summed E-state index contributed by atoms with van der Waals surface area (Å²) in [6, 6.07) is 0. The second-order valence-electron chi connectivity index (χ2n) is 6.23. The van der Waals surface area contributed by atoms with Crippen molar-refractivity contribution in [2.24, 2.45) is 10.9 Å². The third kappa shape index (κ3) is 4.91. The number of likely N-dealkylation sites (tertiary alicyclic amines) is 1. The second kappa shape index (κ2) is 8.64. The molecule has 0 radical (unpaired) electrons. The third-order valence-electron chi connectivity index (χ3n) is 4.61. The van der Waals surface area contributed by atoms with Crippen LogP contribution in [0.25, 0.3) is 0 Å². The highest BCUT2D eigenvalue weighted by atomic mass is 32.1. The maximum Gasteiger partial charge on any atom is 0.193 e. The van der Waals surface area contributed by atoms with Crippen molar-refractivity contribution < 1.29 is 0 Å². The fraction of sp³-hybridized carbons (Fsp3) is 0.765. The van der Waals surface area contributed by atoms with Gasteiger partial charge in [-0.2, -0.15) is 0 Å². The Labute approximate surface area is 144 Å². The first-order chi connectivity index (χ1) is 11.1. The van der Waals surface area contributed by atoms with E-state index in [0.29, 0.717) is 0 Å². The lowest BCUT2D eigenvalue weighted by Gasteiger charge is -2.24. The molecule has 0 amide bonds. The van der Waals surface area contributed by atoms with Gasteiger partial charge < -0.3 is 15.1 Å². The van der Waals surface area contributed by atoms with Crippen LogP contribution in [0, 0.1) is 19.8 Å². The van der Waals surface area contributed by atoms with Gasteiger partial charge in [-0.3, -0.25) is 4.99 Å². The number of thiazole rings is 1. The number of aliphatic imine (C=N–C) groups is 1. The van der Waals surface area contributed by atoms with E-state index in [1.165, 1.54) is 17.8 Å². The molecule has 0 spiro atoms. The average Bonchev–Trinajstić information content (AvgIpc) is 3.12. The van der Waals surface area contributed by atoms with E-state index in [9.17, 15) is 0 Å². The molecule has 0 aromatic carbocycles. The first kappa shape index (κ1) is 18.2. The number of hydrogen-bond donors (Lipinski definition) is 1. The SMILES string of the molecule is CCN(CC)CC1CCN(C(=NC)NCc2sc(C)nc2C)C1. The van der Waals surface area contributed by atoms with Gasteiger partial charge in [-0.25, -0.2) is 4.98 Å². The van der Waals surface area contributed by atoms with E-state index in [4.69, 9.17) is 0 Å². The minimum Gasteiger partial charge on any atom is -0.351 e. The molecular weight excluding hydrogens is 306 g/mol. The zero-order valence-electron chi connectivity index (χ0n) is 15.2. The van der Waals surface area contributed by atoms with Gasteiger partial charge in [-0.05, 0) is 39.3 Å². The molecular formula is C17H31N5S. The highest BCUT2D eigenvalue weighted by Crippen LogP contribution is 2.19. The summed E-state index contributed by atoms with van der Waals surface area (Å²) in [6.07, 6.45) is 1.26. The molecule has 2 heterocycles. The molecule has 130 valence electrons. The molecule has 6 heteroatoms. The quantitative estimate of drug-likeness (QED) is 0.640. The minimum atomic E-state index is 0.751. The molecule has 0 saturated carbocycles. The number of nitrogens with one attached hydrogen (secondary N) is 1. The van der Waals surface area contributed by atoms with Gasteiger partial charge in [0, 0.05) is 31.6 Å². The molecule has 1 fully saturated rings.